The van der Waals surface area contributed by atoms with Crippen LogP contribution in [0.4, 0.5) is 0 Å². The van der Waals surface area contributed by atoms with Gasteiger partial charge in [-0.15, -0.1) is 0 Å². The summed E-state index contributed by atoms with van der Waals surface area (Å²) in [6, 6.07) is 4.96. The van der Waals surface area contributed by atoms with E-state index in [1.807, 2.05) is 0 Å². The molecule has 3 N–H and O–H groups in total. The van der Waals surface area contributed by atoms with Crippen LogP contribution in [0, 0.1) is 5.92 Å². The molecule has 0 atom stereocenters. The first-order chi connectivity index (χ1) is 12.5. The number of benzene rings is 1. The van der Waals surface area contributed by atoms with Crippen molar-refractivity contribution in [2.24, 2.45) is 5.92 Å². The molecule has 1 aromatic rings. The van der Waals surface area contributed by atoms with Gasteiger partial charge in [-0.1, -0.05) is 32.1 Å². The molecule has 0 aromatic heterocycles. The molecule has 8 heteroatoms. The number of carbonyl (C=O) groups excluding carboxylic acids is 2. The van der Waals surface area contributed by atoms with Crippen LogP contribution in [0.3, 0.4) is 0 Å². The molecule has 0 heterocycles. The van der Waals surface area contributed by atoms with Crippen molar-refractivity contribution in [1.82, 2.24) is 16.2 Å². The van der Waals surface area contributed by atoms with Gasteiger partial charge in [0.1, 0.15) is 5.75 Å². The summed E-state index contributed by atoms with van der Waals surface area (Å²) in [7, 11) is 1.55. The van der Waals surface area contributed by atoms with Crippen molar-refractivity contribution >= 4 is 45.1 Å². The summed E-state index contributed by atoms with van der Waals surface area (Å²) in [6.07, 6.45) is 7.60. The number of rotatable bonds is 5. The minimum Gasteiger partial charge on any atom is -0.496 e. The van der Waals surface area contributed by atoms with Crippen molar-refractivity contribution in [2.45, 2.75) is 44.9 Å². The van der Waals surface area contributed by atoms with E-state index in [2.05, 4.69) is 32.1 Å². The highest BCUT2D eigenvalue weighted by Gasteiger charge is 2.15. The predicted molar refractivity (Wildman–Crippen MR) is 108 cm³/mol. The second-order valence-electron chi connectivity index (χ2n) is 6.35. The molecule has 6 nitrogen and oxygen atoms in total. The van der Waals surface area contributed by atoms with Gasteiger partial charge in [-0.2, -0.15) is 0 Å². The number of methoxy groups -OCH3 is 1. The van der Waals surface area contributed by atoms with Gasteiger partial charge in [-0.3, -0.25) is 20.4 Å². The Morgan fingerprint density at radius 1 is 1.23 bits per heavy atom. The molecular formula is C18H24BrN3O3S. The van der Waals surface area contributed by atoms with Gasteiger partial charge in [-0.05, 0) is 58.7 Å². The second kappa shape index (κ2) is 10.5. The second-order valence-corrected chi connectivity index (χ2v) is 7.61. The molecule has 0 radical (unpaired) electrons. The number of hydrogen-bond donors (Lipinski definition) is 3. The van der Waals surface area contributed by atoms with Crippen LogP contribution in [0.2, 0.25) is 0 Å². The van der Waals surface area contributed by atoms with Crippen LogP contribution in [-0.4, -0.2) is 24.0 Å². The average molecular weight is 442 g/mol. The summed E-state index contributed by atoms with van der Waals surface area (Å²) in [6.45, 7) is 0. The standard InChI is InChI=1S/C18H24BrN3O3S/c1-25-15-9-8-13(11-14(15)19)17(24)21-22-18(26)20-16(23)10-7-12-5-3-2-4-6-12/h8-9,11-12H,2-7,10H2,1H3,(H,21,24)(H2,20,22,23,26). The largest absolute Gasteiger partial charge is 0.496 e. The Morgan fingerprint density at radius 2 is 1.96 bits per heavy atom. The topological polar surface area (TPSA) is 79.5 Å². The summed E-state index contributed by atoms with van der Waals surface area (Å²) in [4.78, 5) is 24.1. The molecule has 0 bridgehead atoms. The normalized spacial score (nSPS) is 14.4. The maximum absolute atomic E-state index is 12.1. The lowest BCUT2D eigenvalue weighted by molar-refractivity contribution is -0.120. The fourth-order valence-corrected chi connectivity index (χ4v) is 3.73. The number of hydrazine groups is 1. The van der Waals surface area contributed by atoms with E-state index in [-0.39, 0.29) is 16.9 Å². The molecule has 1 aromatic carbocycles. The zero-order valence-electron chi connectivity index (χ0n) is 14.8. The van der Waals surface area contributed by atoms with Gasteiger partial charge in [-0.25, -0.2) is 0 Å². The van der Waals surface area contributed by atoms with Crippen molar-refractivity contribution < 1.29 is 14.3 Å². The first-order valence-corrected chi connectivity index (χ1v) is 9.93. The van der Waals surface area contributed by atoms with Crippen LogP contribution in [0.15, 0.2) is 22.7 Å². The van der Waals surface area contributed by atoms with Gasteiger partial charge in [0.05, 0.1) is 11.6 Å². The maximum Gasteiger partial charge on any atom is 0.269 e. The van der Waals surface area contributed by atoms with E-state index in [9.17, 15) is 9.59 Å². The molecule has 0 saturated heterocycles. The van der Waals surface area contributed by atoms with Crippen molar-refractivity contribution in [1.29, 1.82) is 0 Å². The van der Waals surface area contributed by atoms with E-state index in [4.69, 9.17) is 17.0 Å². The number of ether oxygens (including phenoxy) is 1. The highest BCUT2D eigenvalue weighted by atomic mass is 79.9. The number of hydrogen-bond acceptors (Lipinski definition) is 4. The number of thiocarbonyl (C=S) groups is 1. The van der Waals surface area contributed by atoms with E-state index in [1.165, 1.54) is 32.1 Å². The minimum atomic E-state index is -0.368. The molecule has 2 rings (SSSR count). The highest BCUT2D eigenvalue weighted by Crippen LogP contribution is 2.27. The van der Waals surface area contributed by atoms with Gasteiger partial charge >= 0.3 is 0 Å². The molecule has 0 unspecified atom stereocenters. The number of carbonyl (C=O) groups is 2. The Bertz CT molecular complexity index is 663. The van der Waals surface area contributed by atoms with Crippen molar-refractivity contribution in [3.05, 3.63) is 28.2 Å². The van der Waals surface area contributed by atoms with E-state index >= 15 is 0 Å². The molecule has 1 saturated carbocycles. The van der Waals surface area contributed by atoms with E-state index in [0.29, 0.717) is 28.1 Å². The van der Waals surface area contributed by atoms with Gasteiger partial charge in [0.15, 0.2) is 5.11 Å². The third-order valence-electron chi connectivity index (χ3n) is 4.46. The first kappa shape index (κ1) is 20.6. The lowest BCUT2D eigenvalue weighted by atomic mass is 9.86. The summed E-state index contributed by atoms with van der Waals surface area (Å²) < 4.78 is 5.80. The van der Waals surface area contributed by atoms with Crippen LogP contribution >= 0.6 is 28.1 Å². The molecule has 0 aliphatic heterocycles. The number of halogens is 1. The Balaban J connectivity index is 1.71. The van der Waals surface area contributed by atoms with E-state index in [1.54, 1.807) is 25.3 Å². The molecular weight excluding hydrogens is 418 g/mol. The minimum absolute atomic E-state index is 0.0829. The van der Waals surface area contributed by atoms with Crippen LogP contribution < -0.4 is 20.9 Å². The average Bonchev–Trinajstić information content (AvgIpc) is 2.65. The van der Waals surface area contributed by atoms with Gasteiger partial charge in [0.25, 0.3) is 5.91 Å². The zero-order valence-corrected chi connectivity index (χ0v) is 17.2. The summed E-state index contributed by atoms with van der Waals surface area (Å²) in [5.74, 6) is 0.779. The summed E-state index contributed by atoms with van der Waals surface area (Å²) in [5, 5.41) is 2.68. The highest BCUT2D eigenvalue weighted by molar-refractivity contribution is 9.10. The third kappa shape index (κ3) is 6.57. The third-order valence-corrected chi connectivity index (χ3v) is 5.28. The lowest BCUT2D eigenvalue weighted by Gasteiger charge is -2.21. The molecule has 0 spiro atoms. The Labute approximate surface area is 167 Å². The van der Waals surface area contributed by atoms with Crippen LogP contribution in [-0.2, 0) is 4.79 Å². The smallest absolute Gasteiger partial charge is 0.269 e. The fraction of sp³-hybridized carbons (Fsp3) is 0.500. The van der Waals surface area contributed by atoms with Crippen molar-refractivity contribution in [3.63, 3.8) is 0 Å². The van der Waals surface area contributed by atoms with Crippen molar-refractivity contribution in [2.75, 3.05) is 7.11 Å². The van der Waals surface area contributed by atoms with Gasteiger partial charge in [0, 0.05) is 12.0 Å². The molecule has 2 amide bonds. The van der Waals surface area contributed by atoms with Crippen LogP contribution in [0.1, 0.15) is 55.3 Å². The van der Waals surface area contributed by atoms with Gasteiger partial charge < -0.3 is 10.1 Å². The molecule has 1 fully saturated rings. The first-order valence-electron chi connectivity index (χ1n) is 8.73. The molecule has 1 aliphatic carbocycles. The molecule has 1 aliphatic rings. The van der Waals surface area contributed by atoms with Crippen LogP contribution in [0.5, 0.6) is 5.75 Å². The predicted octanol–water partition coefficient (Wildman–Crippen LogP) is 3.45. The fourth-order valence-electron chi connectivity index (χ4n) is 3.02. The van der Waals surface area contributed by atoms with E-state index in [0.717, 1.165) is 6.42 Å². The Morgan fingerprint density at radius 3 is 2.62 bits per heavy atom. The summed E-state index contributed by atoms with van der Waals surface area (Å²) in [5.41, 5.74) is 5.45. The summed E-state index contributed by atoms with van der Waals surface area (Å²) >= 11 is 8.38. The van der Waals surface area contributed by atoms with E-state index < -0.39 is 0 Å². The molecule has 142 valence electrons. The monoisotopic (exact) mass is 441 g/mol. The number of nitrogens with one attached hydrogen (secondary N) is 3. The Hall–Kier alpha value is -1.67. The van der Waals surface area contributed by atoms with Gasteiger partial charge in [0.2, 0.25) is 5.91 Å². The maximum atomic E-state index is 12.1. The number of amides is 2. The molecule has 26 heavy (non-hydrogen) atoms. The SMILES string of the molecule is COc1ccc(C(=O)NNC(=S)NC(=O)CCC2CCCCC2)cc1Br. The lowest BCUT2D eigenvalue weighted by Crippen LogP contribution is -2.48. The zero-order chi connectivity index (χ0) is 18.9. The van der Waals surface area contributed by atoms with Crippen LogP contribution in [0.25, 0.3) is 0 Å². The quantitative estimate of drug-likeness (QED) is 0.481. The van der Waals surface area contributed by atoms with Crippen molar-refractivity contribution in [3.8, 4) is 5.75 Å². The Kier molecular flexibility index (Phi) is 8.31.